The predicted octanol–water partition coefficient (Wildman–Crippen LogP) is 7.89. The molecule has 180 valence electrons. The Labute approximate surface area is 189 Å². The Kier molecular flexibility index (Phi) is 35.4. The first-order chi connectivity index (χ1) is 14.6. The molecule has 4 heteroatoms. The lowest BCUT2D eigenvalue weighted by atomic mass is 10.2. The molecule has 0 fully saturated rings. The molecule has 0 bridgehead atoms. The molecule has 2 rings (SSSR count). The van der Waals surface area contributed by atoms with Gasteiger partial charge in [-0.15, -0.1) is 0 Å². The third-order valence-electron chi connectivity index (χ3n) is 3.69. The van der Waals surface area contributed by atoms with Gasteiger partial charge in [0.05, 0.1) is 12.1 Å². The Hall–Kier alpha value is -1.55. The molecular formula is C26H54N2O2. The van der Waals surface area contributed by atoms with E-state index in [4.69, 9.17) is 4.74 Å². The number of aryl methyl sites for hydroxylation is 1. The van der Waals surface area contributed by atoms with Crippen molar-refractivity contribution in [3.8, 4) is 0 Å². The van der Waals surface area contributed by atoms with Crippen LogP contribution in [-0.2, 0) is 4.74 Å². The van der Waals surface area contributed by atoms with Crippen LogP contribution in [0.4, 0.5) is 5.69 Å². The number of nitrogens with zero attached hydrogens (tertiary/aromatic N) is 1. The zero-order valence-electron chi connectivity index (χ0n) is 22.3. The second-order valence-electron chi connectivity index (χ2n) is 5.51. The Morgan fingerprint density at radius 1 is 1.00 bits per heavy atom. The minimum atomic E-state index is -0.250. The fourth-order valence-electron chi connectivity index (χ4n) is 2.02. The zero-order valence-corrected chi connectivity index (χ0v) is 22.3. The predicted molar refractivity (Wildman–Crippen MR) is 139 cm³/mol. The normalized spacial score (nSPS) is 13.9. The van der Waals surface area contributed by atoms with Gasteiger partial charge in [0.15, 0.2) is 5.90 Å². The number of ether oxygens (including phenoxy) is 1. The highest BCUT2D eigenvalue weighted by atomic mass is 16.5. The number of anilines is 1. The Balaban J connectivity index is -0.000000174. The standard InChI is InChI=1S/C11H17NO.C7H13NO.4C2H6/c1-3-10(13)8-12-11-7-5-4-6-9(11)2;1-3-6-5-9-7(4-2)8-6;4*1-2/h4-7,10,12-13H,3,8H2,1-2H3;6H,3-5H2,1-2H3;4*1-2H3. The summed E-state index contributed by atoms with van der Waals surface area (Å²) in [5.41, 5.74) is 2.32. The summed E-state index contributed by atoms with van der Waals surface area (Å²) in [6.45, 7) is 25.7. The number of rotatable bonds is 6. The molecule has 1 aliphatic heterocycles. The second-order valence-corrected chi connectivity index (χ2v) is 5.51. The average molecular weight is 427 g/mol. The van der Waals surface area contributed by atoms with Crippen LogP contribution >= 0.6 is 0 Å². The minimum Gasteiger partial charge on any atom is -0.479 e. The summed E-state index contributed by atoms with van der Waals surface area (Å²) >= 11 is 0. The molecule has 1 aromatic carbocycles. The fraction of sp³-hybridized carbons (Fsp3) is 0.731. The van der Waals surface area contributed by atoms with Crippen LogP contribution in [0.1, 0.15) is 101 Å². The molecule has 4 nitrogen and oxygen atoms in total. The molecule has 0 spiro atoms. The van der Waals surface area contributed by atoms with E-state index in [-0.39, 0.29) is 6.10 Å². The van der Waals surface area contributed by atoms with Crippen LogP contribution in [0.25, 0.3) is 0 Å². The molecule has 30 heavy (non-hydrogen) atoms. The summed E-state index contributed by atoms with van der Waals surface area (Å²) in [6.07, 6.45) is 2.58. The van der Waals surface area contributed by atoms with Crippen LogP contribution < -0.4 is 5.32 Å². The second kappa shape index (κ2) is 29.6. The molecular weight excluding hydrogens is 372 g/mol. The maximum atomic E-state index is 9.35. The van der Waals surface area contributed by atoms with Crippen LogP contribution in [0.2, 0.25) is 0 Å². The van der Waals surface area contributed by atoms with E-state index in [1.165, 1.54) is 5.56 Å². The van der Waals surface area contributed by atoms with Gasteiger partial charge in [0.2, 0.25) is 0 Å². The summed E-state index contributed by atoms with van der Waals surface area (Å²) in [6, 6.07) is 8.53. The van der Waals surface area contributed by atoms with Crippen molar-refractivity contribution in [2.24, 2.45) is 4.99 Å². The van der Waals surface area contributed by atoms with Gasteiger partial charge in [-0.2, -0.15) is 0 Å². The highest BCUT2D eigenvalue weighted by molar-refractivity contribution is 5.77. The number of hydrogen-bond donors (Lipinski definition) is 2. The molecule has 0 aliphatic carbocycles. The molecule has 0 amide bonds. The lowest BCUT2D eigenvalue weighted by molar-refractivity contribution is 0.183. The molecule has 2 unspecified atom stereocenters. The monoisotopic (exact) mass is 426 g/mol. The number of aliphatic hydroxyl groups excluding tert-OH is 1. The Morgan fingerprint density at radius 3 is 1.90 bits per heavy atom. The first kappa shape index (κ1) is 35.9. The fourth-order valence-corrected chi connectivity index (χ4v) is 2.02. The topological polar surface area (TPSA) is 53.8 Å². The third-order valence-corrected chi connectivity index (χ3v) is 3.69. The molecule has 1 heterocycles. The molecule has 1 aliphatic rings. The van der Waals surface area contributed by atoms with Gasteiger partial charge in [-0.3, -0.25) is 0 Å². The molecule has 2 N–H and O–H groups in total. The van der Waals surface area contributed by atoms with Crippen molar-refractivity contribution in [2.45, 2.75) is 114 Å². The van der Waals surface area contributed by atoms with Gasteiger partial charge in [0.1, 0.15) is 6.61 Å². The van der Waals surface area contributed by atoms with Crippen molar-refractivity contribution in [3.63, 3.8) is 0 Å². The van der Waals surface area contributed by atoms with Crippen LogP contribution in [0.15, 0.2) is 29.3 Å². The van der Waals surface area contributed by atoms with E-state index in [1.807, 2.05) is 80.5 Å². The summed E-state index contributed by atoms with van der Waals surface area (Å²) in [5.74, 6) is 0.932. The highest BCUT2D eigenvalue weighted by Gasteiger charge is 2.14. The van der Waals surface area contributed by atoms with Crippen molar-refractivity contribution in [3.05, 3.63) is 29.8 Å². The van der Waals surface area contributed by atoms with Crippen molar-refractivity contribution < 1.29 is 9.84 Å². The van der Waals surface area contributed by atoms with E-state index in [0.717, 1.165) is 37.5 Å². The Bertz CT molecular complexity index is 462. The molecule has 1 aromatic rings. The number of nitrogens with one attached hydrogen (secondary N) is 1. The van der Waals surface area contributed by atoms with Crippen LogP contribution in [0, 0.1) is 6.92 Å². The summed E-state index contributed by atoms with van der Waals surface area (Å²) in [4.78, 5) is 4.32. The lowest BCUT2D eigenvalue weighted by Gasteiger charge is -2.12. The quantitative estimate of drug-likeness (QED) is 0.486. The first-order valence-electron chi connectivity index (χ1n) is 12.3. The van der Waals surface area contributed by atoms with Gasteiger partial charge < -0.3 is 15.2 Å². The maximum absolute atomic E-state index is 9.35. The van der Waals surface area contributed by atoms with Crippen molar-refractivity contribution >= 4 is 11.6 Å². The summed E-state index contributed by atoms with van der Waals surface area (Å²) < 4.78 is 5.26. The lowest BCUT2D eigenvalue weighted by Crippen LogP contribution is -2.18. The van der Waals surface area contributed by atoms with E-state index >= 15 is 0 Å². The Morgan fingerprint density at radius 2 is 1.53 bits per heavy atom. The van der Waals surface area contributed by atoms with E-state index < -0.39 is 0 Å². The number of aliphatic imine (C=N–C) groups is 1. The van der Waals surface area contributed by atoms with Gasteiger partial charge in [-0.1, -0.05) is 94.4 Å². The highest BCUT2D eigenvalue weighted by Crippen LogP contribution is 2.13. The summed E-state index contributed by atoms with van der Waals surface area (Å²) in [7, 11) is 0. The molecule has 0 saturated heterocycles. The minimum absolute atomic E-state index is 0.250. The first-order valence-corrected chi connectivity index (χ1v) is 12.3. The van der Waals surface area contributed by atoms with E-state index in [2.05, 4.69) is 37.1 Å². The van der Waals surface area contributed by atoms with Crippen LogP contribution in [-0.4, -0.2) is 36.3 Å². The van der Waals surface area contributed by atoms with Gasteiger partial charge in [0, 0.05) is 18.7 Å². The molecule has 0 aromatic heterocycles. The van der Waals surface area contributed by atoms with Gasteiger partial charge >= 0.3 is 0 Å². The number of para-hydroxylation sites is 1. The molecule has 0 saturated carbocycles. The van der Waals surface area contributed by atoms with E-state index in [9.17, 15) is 5.11 Å². The third kappa shape index (κ3) is 19.8. The van der Waals surface area contributed by atoms with E-state index in [0.29, 0.717) is 12.6 Å². The van der Waals surface area contributed by atoms with Gasteiger partial charge in [-0.05, 0) is 31.4 Å². The summed E-state index contributed by atoms with van der Waals surface area (Å²) in [5, 5.41) is 12.6. The van der Waals surface area contributed by atoms with Gasteiger partial charge in [0.25, 0.3) is 0 Å². The smallest absolute Gasteiger partial charge is 0.183 e. The average Bonchev–Trinajstić information content (AvgIpc) is 3.32. The number of aliphatic hydroxyl groups is 1. The van der Waals surface area contributed by atoms with Gasteiger partial charge in [-0.25, -0.2) is 4.99 Å². The van der Waals surface area contributed by atoms with Crippen LogP contribution in [0.5, 0.6) is 0 Å². The van der Waals surface area contributed by atoms with Crippen LogP contribution in [0.3, 0.4) is 0 Å². The van der Waals surface area contributed by atoms with Crippen molar-refractivity contribution in [1.29, 1.82) is 0 Å². The van der Waals surface area contributed by atoms with Crippen molar-refractivity contribution in [2.75, 3.05) is 18.5 Å². The van der Waals surface area contributed by atoms with Crippen molar-refractivity contribution in [1.82, 2.24) is 0 Å². The molecule has 2 atom stereocenters. The maximum Gasteiger partial charge on any atom is 0.183 e. The largest absolute Gasteiger partial charge is 0.479 e. The number of benzene rings is 1. The SMILES string of the molecule is CC.CC.CC.CC.CCC(O)CNc1ccccc1C.CCC1=NC(CC)CO1. The number of hydrogen-bond acceptors (Lipinski definition) is 4. The molecule has 0 radical (unpaired) electrons. The zero-order chi connectivity index (χ0) is 24.4. The van der Waals surface area contributed by atoms with E-state index in [1.54, 1.807) is 0 Å².